The lowest BCUT2D eigenvalue weighted by atomic mass is 9.99. The van der Waals surface area contributed by atoms with Gasteiger partial charge in [-0.3, -0.25) is 38.8 Å². The minimum atomic E-state index is -1.08. The van der Waals surface area contributed by atoms with Crippen LogP contribution in [0.4, 0.5) is 0 Å². The van der Waals surface area contributed by atoms with Gasteiger partial charge in [-0.1, -0.05) is 59.3 Å². The number of carbonyl (C=O) groups is 6. The molecule has 0 saturated heterocycles. The third-order valence-corrected chi connectivity index (χ3v) is 8.88. The van der Waals surface area contributed by atoms with E-state index in [0.29, 0.717) is 38.6 Å². The van der Waals surface area contributed by atoms with Crippen molar-refractivity contribution in [3.8, 4) is 0 Å². The Balaban J connectivity index is 5.95. The summed E-state index contributed by atoms with van der Waals surface area (Å²) in [7, 11) is 1.21. The zero-order valence-electron chi connectivity index (χ0n) is 33.7. The SMILES string of the molecule is CCCCCCCCCC(=O)N[C@@H](CCCN=C(N)N)C(=O)N[C@H](C(=O)N[C@@H](CCCCN)C(=O)N[C@@H](CCCN=C(N)N)C(=O)CCC(=O)OC)C(C)C. The van der Waals surface area contributed by atoms with Crippen LogP contribution >= 0.6 is 0 Å². The van der Waals surface area contributed by atoms with Gasteiger partial charge in [-0.2, -0.15) is 0 Å². The molecule has 0 aliphatic carbocycles. The second-order valence-electron chi connectivity index (χ2n) is 14.1. The fourth-order valence-electron chi connectivity index (χ4n) is 5.68. The Morgan fingerprint density at radius 1 is 0.582 bits per heavy atom. The molecule has 0 fully saturated rings. The second kappa shape index (κ2) is 30.8. The number of ether oxygens (including phenoxy) is 1. The fourth-order valence-corrected chi connectivity index (χ4v) is 5.68. The summed E-state index contributed by atoms with van der Waals surface area (Å²) in [5, 5.41) is 11.1. The van der Waals surface area contributed by atoms with E-state index in [-0.39, 0.29) is 69.4 Å². The van der Waals surface area contributed by atoms with Gasteiger partial charge in [0.2, 0.25) is 23.6 Å². The van der Waals surface area contributed by atoms with Crippen molar-refractivity contribution >= 4 is 47.3 Å². The Kier molecular flexibility index (Phi) is 28.3. The van der Waals surface area contributed by atoms with Gasteiger partial charge in [-0.05, 0) is 63.8 Å². The maximum absolute atomic E-state index is 13.8. The lowest BCUT2D eigenvalue weighted by Crippen LogP contribution is -2.59. The van der Waals surface area contributed by atoms with E-state index in [9.17, 15) is 28.8 Å². The molecule has 4 amide bonds. The highest BCUT2D eigenvalue weighted by molar-refractivity contribution is 5.96. The van der Waals surface area contributed by atoms with Crippen molar-refractivity contribution in [3.05, 3.63) is 0 Å². The summed E-state index contributed by atoms with van der Waals surface area (Å²) in [6.45, 7) is 6.46. The molecule has 0 heterocycles. The van der Waals surface area contributed by atoms with Crippen molar-refractivity contribution in [1.29, 1.82) is 0 Å². The van der Waals surface area contributed by atoms with Crippen LogP contribution in [0.3, 0.4) is 0 Å². The molecule has 55 heavy (non-hydrogen) atoms. The first kappa shape index (κ1) is 50.5. The Morgan fingerprint density at radius 2 is 1.09 bits per heavy atom. The summed E-state index contributed by atoms with van der Waals surface area (Å²) in [5.41, 5.74) is 27.4. The minimum Gasteiger partial charge on any atom is -0.469 e. The van der Waals surface area contributed by atoms with Gasteiger partial charge in [-0.15, -0.1) is 0 Å². The van der Waals surface area contributed by atoms with Crippen LogP contribution in [0.15, 0.2) is 9.98 Å². The molecule has 18 heteroatoms. The molecule has 0 bridgehead atoms. The van der Waals surface area contributed by atoms with Gasteiger partial charge in [-0.25, -0.2) is 0 Å². The van der Waals surface area contributed by atoms with Gasteiger partial charge in [0, 0.05) is 25.9 Å². The van der Waals surface area contributed by atoms with Crippen molar-refractivity contribution in [2.45, 2.75) is 154 Å². The molecule has 14 N–H and O–H groups in total. The van der Waals surface area contributed by atoms with Crippen molar-refractivity contribution in [3.63, 3.8) is 0 Å². The zero-order chi connectivity index (χ0) is 41.6. The smallest absolute Gasteiger partial charge is 0.305 e. The van der Waals surface area contributed by atoms with E-state index in [1.807, 2.05) is 0 Å². The summed E-state index contributed by atoms with van der Waals surface area (Å²) in [6.07, 6.45) is 9.60. The Bertz CT molecular complexity index is 1220. The minimum absolute atomic E-state index is 0.0894. The number of carbonyl (C=O) groups excluding carboxylic acids is 6. The van der Waals surface area contributed by atoms with E-state index in [1.54, 1.807) is 13.8 Å². The predicted molar refractivity (Wildman–Crippen MR) is 214 cm³/mol. The summed E-state index contributed by atoms with van der Waals surface area (Å²) >= 11 is 0. The number of aliphatic imine (C=N–C) groups is 2. The van der Waals surface area contributed by atoms with E-state index < -0.39 is 59.6 Å². The van der Waals surface area contributed by atoms with E-state index >= 15 is 0 Å². The maximum atomic E-state index is 13.8. The molecule has 4 atom stereocenters. The van der Waals surface area contributed by atoms with Crippen LogP contribution < -0.4 is 49.9 Å². The molecule has 316 valence electrons. The van der Waals surface area contributed by atoms with Crippen LogP contribution in [0.2, 0.25) is 0 Å². The molecule has 0 aliphatic heterocycles. The quantitative estimate of drug-likeness (QED) is 0.0195. The van der Waals surface area contributed by atoms with Crippen molar-refractivity contribution in [2.24, 2.45) is 44.6 Å². The van der Waals surface area contributed by atoms with Crippen LogP contribution in [0.1, 0.15) is 130 Å². The number of Topliss-reactive ketones (excluding diaryl/α,β-unsaturated/α-hetero) is 1. The summed E-state index contributed by atoms with van der Waals surface area (Å²) in [6, 6.07) is -4.11. The number of nitrogens with zero attached hydrogens (tertiary/aromatic N) is 2. The standard InChI is InChI=1S/C37H71N11O7/c1-5-6-7-8-9-10-11-19-30(50)45-27(18-15-24-44-37(41)42)34(53)48-32(25(2)3)35(54)47-28(16-12-13-22-38)33(52)46-26(17-14-23-43-36(39)40)29(49)20-21-31(51)55-4/h25-28,32H,5-24,38H2,1-4H3,(H,45,50)(H,46,52)(H,47,54)(H,48,53)(H4,39,40,43)(H4,41,42,44)/t26-,27-,28-,32-/m0/s1. The maximum Gasteiger partial charge on any atom is 0.305 e. The van der Waals surface area contributed by atoms with E-state index in [2.05, 4.69) is 42.9 Å². The average Bonchev–Trinajstić information content (AvgIpc) is 3.13. The number of amides is 4. The first-order valence-corrected chi connectivity index (χ1v) is 19.8. The second-order valence-corrected chi connectivity index (χ2v) is 14.1. The van der Waals surface area contributed by atoms with Gasteiger partial charge >= 0.3 is 5.97 Å². The Labute approximate surface area is 327 Å². The third-order valence-electron chi connectivity index (χ3n) is 8.88. The number of esters is 1. The van der Waals surface area contributed by atoms with Gasteiger partial charge in [0.1, 0.15) is 18.1 Å². The van der Waals surface area contributed by atoms with Crippen LogP contribution in [0.5, 0.6) is 0 Å². The molecule has 0 aliphatic rings. The number of nitrogens with one attached hydrogen (secondary N) is 4. The molecule has 0 aromatic carbocycles. The number of nitrogens with two attached hydrogens (primary N) is 5. The largest absolute Gasteiger partial charge is 0.469 e. The monoisotopic (exact) mass is 782 g/mol. The summed E-state index contributed by atoms with van der Waals surface area (Å²) in [5.74, 6) is -3.66. The molecule has 0 aromatic rings. The van der Waals surface area contributed by atoms with Crippen LogP contribution in [0.25, 0.3) is 0 Å². The number of unbranched alkanes of at least 4 members (excludes halogenated alkanes) is 7. The molecule has 18 nitrogen and oxygen atoms in total. The number of hydrogen-bond donors (Lipinski definition) is 9. The topological polar surface area (TPSA) is 315 Å². The number of methoxy groups -OCH3 is 1. The highest BCUT2D eigenvalue weighted by Crippen LogP contribution is 2.12. The van der Waals surface area contributed by atoms with Gasteiger partial charge < -0.3 is 54.7 Å². The molecule has 0 radical (unpaired) electrons. The molecule has 0 rings (SSSR count). The highest BCUT2D eigenvalue weighted by atomic mass is 16.5. The van der Waals surface area contributed by atoms with Gasteiger partial charge in [0.15, 0.2) is 17.7 Å². The fraction of sp³-hybridized carbons (Fsp3) is 0.784. The number of rotatable bonds is 32. The number of guanidine groups is 2. The molecular formula is C37H71N11O7. The number of hydrogen-bond acceptors (Lipinski definition) is 10. The van der Waals surface area contributed by atoms with E-state index in [1.165, 1.54) is 20.0 Å². The highest BCUT2D eigenvalue weighted by Gasteiger charge is 2.32. The Morgan fingerprint density at radius 3 is 1.64 bits per heavy atom. The van der Waals surface area contributed by atoms with Crippen molar-refractivity contribution in [1.82, 2.24) is 21.3 Å². The van der Waals surface area contributed by atoms with Crippen molar-refractivity contribution in [2.75, 3.05) is 26.7 Å². The summed E-state index contributed by atoms with van der Waals surface area (Å²) < 4.78 is 4.65. The molecule has 0 saturated carbocycles. The van der Waals surface area contributed by atoms with E-state index in [0.717, 1.165) is 25.7 Å². The van der Waals surface area contributed by atoms with Crippen molar-refractivity contribution < 1.29 is 33.5 Å². The van der Waals surface area contributed by atoms with Crippen LogP contribution in [0, 0.1) is 5.92 Å². The zero-order valence-corrected chi connectivity index (χ0v) is 33.7. The van der Waals surface area contributed by atoms with Gasteiger partial charge in [0.25, 0.3) is 0 Å². The predicted octanol–water partition coefficient (Wildman–Crippen LogP) is 0.481. The van der Waals surface area contributed by atoms with E-state index in [4.69, 9.17) is 28.7 Å². The summed E-state index contributed by atoms with van der Waals surface area (Å²) in [4.78, 5) is 86.8. The Hall–Kier alpha value is -4.48. The first-order valence-electron chi connectivity index (χ1n) is 19.8. The average molecular weight is 782 g/mol. The first-order chi connectivity index (χ1) is 26.2. The van der Waals surface area contributed by atoms with Crippen LogP contribution in [-0.4, -0.2) is 98.2 Å². The third kappa shape index (κ3) is 25.3. The lowest BCUT2D eigenvalue weighted by molar-refractivity contribution is -0.142. The molecule has 0 spiro atoms. The number of ketones is 1. The van der Waals surface area contributed by atoms with Crippen LogP contribution in [-0.2, 0) is 33.5 Å². The molecule has 0 unspecified atom stereocenters. The van der Waals surface area contributed by atoms with Gasteiger partial charge in [0.05, 0.1) is 19.6 Å². The normalized spacial score (nSPS) is 13.1. The molecule has 0 aromatic heterocycles. The lowest BCUT2D eigenvalue weighted by Gasteiger charge is -2.28. The molecular weight excluding hydrogens is 710 g/mol.